The lowest BCUT2D eigenvalue weighted by atomic mass is 10.1. The lowest BCUT2D eigenvalue weighted by Gasteiger charge is -2.13. The molecule has 2 aromatic carbocycles. The lowest BCUT2D eigenvalue weighted by molar-refractivity contribution is 0.336. The van der Waals surface area contributed by atoms with Crippen molar-refractivity contribution >= 4 is 22.7 Å². The van der Waals surface area contributed by atoms with E-state index in [1.807, 2.05) is 55.5 Å². The largest absolute Gasteiger partial charge is 0.494 e. The molecule has 3 nitrogen and oxygen atoms in total. The average Bonchev–Trinajstić information content (AvgIpc) is 2.90. The van der Waals surface area contributed by atoms with Crippen molar-refractivity contribution < 1.29 is 9.15 Å². The molecule has 0 bridgehead atoms. The van der Waals surface area contributed by atoms with Gasteiger partial charge in [0.1, 0.15) is 11.3 Å². The predicted octanol–water partition coefficient (Wildman–Crippen LogP) is 4.75. The van der Waals surface area contributed by atoms with Crippen LogP contribution in [0.15, 0.2) is 52.9 Å². The molecule has 1 aromatic heterocycles. The third-order valence-electron chi connectivity index (χ3n) is 3.25. The molecule has 4 heteroatoms. The smallest absolute Gasteiger partial charge is 0.197 e. The number of oxazole rings is 1. The number of hydrogen-bond acceptors (Lipinski definition) is 3. The van der Waals surface area contributed by atoms with Gasteiger partial charge >= 0.3 is 0 Å². The van der Waals surface area contributed by atoms with Gasteiger partial charge < -0.3 is 9.15 Å². The molecule has 3 aromatic rings. The Labute approximate surface area is 128 Å². The second kappa shape index (κ2) is 6.19. The Morgan fingerprint density at radius 2 is 1.90 bits per heavy atom. The van der Waals surface area contributed by atoms with Gasteiger partial charge in [-0.1, -0.05) is 30.3 Å². The summed E-state index contributed by atoms with van der Waals surface area (Å²) in [6.45, 7) is 2.57. The van der Waals surface area contributed by atoms with Crippen LogP contribution in [0.5, 0.6) is 5.75 Å². The SMILES string of the molecule is CCOc1ccccc1C(Cl)Cc1nc2ccccc2o1. The number of rotatable bonds is 5. The molecule has 0 aliphatic heterocycles. The average molecular weight is 302 g/mol. The Morgan fingerprint density at radius 3 is 2.71 bits per heavy atom. The first-order chi connectivity index (χ1) is 10.3. The second-order valence-corrected chi connectivity index (χ2v) is 5.24. The molecule has 0 N–H and O–H groups in total. The third-order valence-corrected chi connectivity index (χ3v) is 3.64. The van der Waals surface area contributed by atoms with E-state index in [0.717, 1.165) is 22.4 Å². The third kappa shape index (κ3) is 3.03. The summed E-state index contributed by atoms with van der Waals surface area (Å²) >= 11 is 6.53. The van der Waals surface area contributed by atoms with Crippen LogP contribution in [0.4, 0.5) is 0 Å². The summed E-state index contributed by atoms with van der Waals surface area (Å²) in [7, 11) is 0. The summed E-state index contributed by atoms with van der Waals surface area (Å²) in [4.78, 5) is 4.46. The summed E-state index contributed by atoms with van der Waals surface area (Å²) in [5.74, 6) is 1.46. The van der Waals surface area contributed by atoms with Gasteiger partial charge in [-0.25, -0.2) is 4.98 Å². The Morgan fingerprint density at radius 1 is 1.14 bits per heavy atom. The molecule has 108 valence electrons. The van der Waals surface area contributed by atoms with Gasteiger partial charge in [0.05, 0.1) is 12.0 Å². The van der Waals surface area contributed by atoms with E-state index >= 15 is 0 Å². The number of aromatic nitrogens is 1. The van der Waals surface area contributed by atoms with Crippen LogP contribution in [0.1, 0.15) is 23.8 Å². The van der Waals surface area contributed by atoms with Crippen LogP contribution < -0.4 is 4.74 Å². The zero-order valence-corrected chi connectivity index (χ0v) is 12.5. The van der Waals surface area contributed by atoms with Crippen molar-refractivity contribution in [2.45, 2.75) is 18.7 Å². The van der Waals surface area contributed by atoms with Crippen LogP contribution in [-0.4, -0.2) is 11.6 Å². The van der Waals surface area contributed by atoms with Crippen molar-refractivity contribution in [2.75, 3.05) is 6.61 Å². The van der Waals surface area contributed by atoms with Crippen LogP contribution in [-0.2, 0) is 6.42 Å². The van der Waals surface area contributed by atoms with Gasteiger partial charge in [0.2, 0.25) is 0 Å². The highest BCUT2D eigenvalue weighted by Crippen LogP contribution is 2.32. The van der Waals surface area contributed by atoms with Crippen molar-refractivity contribution in [1.29, 1.82) is 0 Å². The van der Waals surface area contributed by atoms with Crippen molar-refractivity contribution in [2.24, 2.45) is 0 Å². The highest BCUT2D eigenvalue weighted by molar-refractivity contribution is 6.21. The summed E-state index contributed by atoms with van der Waals surface area (Å²) in [5, 5.41) is -0.235. The van der Waals surface area contributed by atoms with Crippen LogP contribution in [0.3, 0.4) is 0 Å². The first-order valence-electron chi connectivity index (χ1n) is 6.98. The quantitative estimate of drug-likeness (QED) is 0.638. The zero-order chi connectivity index (χ0) is 14.7. The summed E-state index contributed by atoms with van der Waals surface area (Å²) in [6, 6.07) is 15.5. The number of halogens is 1. The van der Waals surface area contributed by atoms with E-state index in [2.05, 4.69) is 4.98 Å². The fraction of sp³-hybridized carbons (Fsp3) is 0.235. The first kappa shape index (κ1) is 14.0. The molecule has 21 heavy (non-hydrogen) atoms. The normalized spacial score (nSPS) is 12.5. The standard InChI is InChI=1S/C17H16ClNO2/c1-2-20-15-9-5-3-7-12(15)13(18)11-17-19-14-8-4-6-10-16(14)21-17/h3-10,13H,2,11H2,1H3. The highest BCUT2D eigenvalue weighted by Gasteiger charge is 2.17. The molecule has 0 saturated carbocycles. The molecule has 3 rings (SSSR count). The molecule has 0 spiro atoms. The van der Waals surface area contributed by atoms with Gasteiger partial charge in [0.25, 0.3) is 0 Å². The van der Waals surface area contributed by atoms with Crippen LogP contribution in [0, 0.1) is 0 Å². The van der Waals surface area contributed by atoms with Crippen LogP contribution in [0.2, 0.25) is 0 Å². The van der Waals surface area contributed by atoms with Gasteiger partial charge in [0.15, 0.2) is 11.5 Å². The highest BCUT2D eigenvalue weighted by atomic mass is 35.5. The number of nitrogens with zero attached hydrogens (tertiary/aromatic N) is 1. The van der Waals surface area contributed by atoms with Crippen molar-refractivity contribution in [3.63, 3.8) is 0 Å². The lowest BCUT2D eigenvalue weighted by Crippen LogP contribution is -2.01. The van der Waals surface area contributed by atoms with Crippen molar-refractivity contribution in [1.82, 2.24) is 4.98 Å². The molecule has 0 aliphatic rings. The van der Waals surface area contributed by atoms with E-state index in [1.54, 1.807) is 0 Å². The van der Waals surface area contributed by atoms with Gasteiger partial charge in [-0.3, -0.25) is 0 Å². The molecule has 1 atom stereocenters. The van der Waals surface area contributed by atoms with E-state index < -0.39 is 0 Å². The number of benzene rings is 2. The predicted molar refractivity (Wildman–Crippen MR) is 83.9 cm³/mol. The van der Waals surface area contributed by atoms with Crippen LogP contribution in [0.25, 0.3) is 11.1 Å². The Balaban J connectivity index is 1.84. The Kier molecular flexibility index (Phi) is 4.11. The molecule has 1 heterocycles. The maximum atomic E-state index is 6.53. The van der Waals surface area contributed by atoms with Gasteiger partial charge in [-0.15, -0.1) is 11.6 Å². The van der Waals surface area contributed by atoms with Crippen molar-refractivity contribution in [3.8, 4) is 5.75 Å². The maximum Gasteiger partial charge on any atom is 0.197 e. The van der Waals surface area contributed by atoms with Gasteiger partial charge in [-0.05, 0) is 25.1 Å². The fourth-order valence-corrected chi connectivity index (χ4v) is 2.61. The monoisotopic (exact) mass is 301 g/mol. The molecule has 0 fully saturated rings. The molecule has 0 saturated heterocycles. The second-order valence-electron chi connectivity index (χ2n) is 4.72. The van der Waals surface area contributed by atoms with Gasteiger partial charge in [-0.2, -0.15) is 0 Å². The molecule has 0 radical (unpaired) electrons. The molecular formula is C17H16ClNO2. The molecule has 0 aliphatic carbocycles. The zero-order valence-electron chi connectivity index (χ0n) is 11.8. The number of para-hydroxylation sites is 3. The molecule has 1 unspecified atom stereocenters. The van der Waals surface area contributed by atoms with E-state index in [1.165, 1.54) is 0 Å². The van der Waals surface area contributed by atoms with Crippen LogP contribution >= 0.6 is 11.6 Å². The summed E-state index contributed by atoms with van der Waals surface area (Å²) in [6.07, 6.45) is 0.528. The van der Waals surface area contributed by atoms with E-state index in [4.69, 9.17) is 20.8 Å². The van der Waals surface area contributed by atoms with E-state index in [-0.39, 0.29) is 5.38 Å². The minimum Gasteiger partial charge on any atom is -0.494 e. The topological polar surface area (TPSA) is 35.3 Å². The fourth-order valence-electron chi connectivity index (χ4n) is 2.30. The number of ether oxygens (including phenoxy) is 1. The minimum atomic E-state index is -0.235. The maximum absolute atomic E-state index is 6.53. The Hall–Kier alpha value is -2.00. The summed E-state index contributed by atoms with van der Waals surface area (Å²) < 4.78 is 11.3. The molecular weight excluding hydrogens is 286 g/mol. The number of fused-ring (bicyclic) bond motifs is 1. The Bertz CT molecular complexity index is 705. The number of alkyl halides is 1. The number of hydrogen-bond donors (Lipinski definition) is 0. The molecule has 0 amide bonds. The van der Waals surface area contributed by atoms with E-state index in [0.29, 0.717) is 18.9 Å². The minimum absolute atomic E-state index is 0.235. The van der Waals surface area contributed by atoms with Gasteiger partial charge in [0, 0.05) is 12.0 Å². The van der Waals surface area contributed by atoms with E-state index in [9.17, 15) is 0 Å². The van der Waals surface area contributed by atoms with Crippen molar-refractivity contribution in [3.05, 3.63) is 60.0 Å². The summed E-state index contributed by atoms with van der Waals surface area (Å²) in [5.41, 5.74) is 2.60. The first-order valence-corrected chi connectivity index (χ1v) is 7.42.